The summed E-state index contributed by atoms with van der Waals surface area (Å²) in [7, 11) is 0. The Kier molecular flexibility index (Phi) is 3.44. The van der Waals surface area contributed by atoms with Crippen LogP contribution in [0.25, 0.3) is 0 Å². The van der Waals surface area contributed by atoms with Crippen molar-refractivity contribution in [2.75, 3.05) is 4.90 Å². The van der Waals surface area contributed by atoms with Gasteiger partial charge in [0.1, 0.15) is 11.9 Å². The van der Waals surface area contributed by atoms with Gasteiger partial charge in [-0.05, 0) is 31.2 Å². The van der Waals surface area contributed by atoms with Gasteiger partial charge in [0.15, 0.2) is 0 Å². The molecular formula is C10H11FN2O3. The van der Waals surface area contributed by atoms with Crippen molar-refractivity contribution < 1.29 is 19.1 Å². The molecule has 0 spiro atoms. The van der Waals surface area contributed by atoms with Gasteiger partial charge in [-0.3, -0.25) is 4.90 Å². The van der Waals surface area contributed by atoms with E-state index in [-0.39, 0.29) is 5.69 Å². The van der Waals surface area contributed by atoms with Crippen molar-refractivity contribution in [3.05, 3.63) is 30.1 Å². The molecule has 0 radical (unpaired) electrons. The maximum atomic E-state index is 12.7. The molecule has 0 aliphatic heterocycles. The Morgan fingerprint density at radius 1 is 1.38 bits per heavy atom. The van der Waals surface area contributed by atoms with E-state index in [2.05, 4.69) is 0 Å². The zero-order valence-corrected chi connectivity index (χ0v) is 8.55. The molecule has 0 aliphatic rings. The first-order valence-electron chi connectivity index (χ1n) is 4.50. The van der Waals surface area contributed by atoms with Crippen LogP contribution in [0.15, 0.2) is 24.3 Å². The number of carbonyl (C=O) groups excluding carboxylic acids is 1. The molecule has 0 saturated carbocycles. The predicted octanol–water partition coefficient (Wildman–Crippen LogP) is 1.18. The van der Waals surface area contributed by atoms with E-state index in [0.717, 1.165) is 17.0 Å². The summed E-state index contributed by atoms with van der Waals surface area (Å²) >= 11 is 0. The SMILES string of the molecule is C[C@@H](C(=O)O)N(C(N)=O)c1ccc(F)cc1. The van der Waals surface area contributed by atoms with Crippen LogP contribution in [0.4, 0.5) is 14.9 Å². The van der Waals surface area contributed by atoms with E-state index in [1.165, 1.54) is 19.1 Å². The van der Waals surface area contributed by atoms with Gasteiger partial charge < -0.3 is 10.8 Å². The number of amides is 2. The number of rotatable bonds is 3. The van der Waals surface area contributed by atoms with Crippen LogP contribution in [-0.2, 0) is 4.79 Å². The summed E-state index contributed by atoms with van der Waals surface area (Å²) in [5.41, 5.74) is 5.32. The van der Waals surface area contributed by atoms with Gasteiger partial charge in [-0.1, -0.05) is 0 Å². The van der Waals surface area contributed by atoms with Crippen LogP contribution in [0.1, 0.15) is 6.92 Å². The number of anilines is 1. The van der Waals surface area contributed by atoms with Gasteiger partial charge in [0, 0.05) is 5.69 Å². The van der Waals surface area contributed by atoms with Gasteiger partial charge in [0.25, 0.3) is 0 Å². The van der Waals surface area contributed by atoms with Crippen LogP contribution >= 0.6 is 0 Å². The van der Waals surface area contributed by atoms with Crippen molar-refractivity contribution in [2.24, 2.45) is 5.73 Å². The fraction of sp³-hybridized carbons (Fsp3) is 0.200. The van der Waals surface area contributed by atoms with Crippen molar-refractivity contribution >= 4 is 17.7 Å². The minimum Gasteiger partial charge on any atom is -0.480 e. The van der Waals surface area contributed by atoms with E-state index in [1.807, 2.05) is 0 Å². The van der Waals surface area contributed by atoms with Gasteiger partial charge >= 0.3 is 12.0 Å². The molecule has 1 atom stereocenters. The number of hydrogen-bond donors (Lipinski definition) is 2. The average molecular weight is 226 g/mol. The van der Waals surface area contributed by atoms with Crippen molar-refractivity contribution in [1.82, 2.24) is 0 Å². The summed E-state index contributed by atoms with van der Waals surface area (Å²) in [6.07, 6.45) is 0. The Hall–Kier alpha value is -2.11. The number of carbonyl (C=O) groups is 2. The second-order valence-electron chi connectivity index (χ2n) is 3.20. The van der Waals surface area contributed by atoms with E-state index < -0.39 is 23.9 Å². The Balaban J connectivity index is 3.07. The fourth-order valence-corrected chi connectivity index (χ4v) is 1.25. The normalized spacial score (nSPS) is 11.9. The monoisotopic (exact) mass is 226 g/mol. The maximum absolute atomic E-state index is 12.7. The lowest BCUT2D eigenvalue weighted by Crippen LogP contribution is -2.46. The molecule has 0 heterocycles. The van der Waals surface area contributed by atoms with Gasteiger partial charge in [0.2, 0.25) is 0 Å². The standard InChI is InChI=1S/C10H11FN2O3/c1-6(9(14)15)13(10(12)16)8-4-2-7(11)3-5-8/h2-6H,1H3,(H2,12,16)(H,14,15)/t6-/m0/s1. The molecule has 3 N–H and O–H groups in total. The molecule has 86 valence electrons. The van der Waals surface area contributed by atoms with Crippen LogP contribution in [0.2, 0.25) is 0 Å². The number of halogens is 1. The van der Waals surface area contributed by atoms with Crippen LogP contribution < -0.4 is 10.6 Å². The van der Waals surface area contributed by atoms with Crippen molar-refractivity contribution in [3.8, 4) is 0 Å². The van der Waals surface area contributed by atoms with E-state index >= 15 is 0 Å². The first-order chi connectivity index (χ1) is 7.43. The van der Waals surface area contributed by atoms with Crippen LogP contribution in [0, 0.1) is 5.82 Å². The third-order valence-corrected chi connectivity index (χ3v) is 2.09. The summed E-state index contributed by atoms with van der Waals surface area (Å²) < 4.78 is 12.7. The molecule has 1 aromatic rings. The van der Waals surface area contributed by atoms with Gasteiger partial charge in [0.05, 0.1) is 0 Å². The Morgan fingerprint density at radius 3 is 2.25 bits per heavy atom. The molecule has 16 heavy (non-hydrogen) atoms. The topological polar surface area (TPSA) is 83.6 Å². The summed E-state index contributed by atoms with van der Waals surface area (Å²) in [6.45, 7) is 1.32. The molecular weight excluding hydrogens is 215 g/mol. The highest BCUT2D eigenvalue weighted by atomic mass is 19.1. The Bertz CT molecular complexity index is 405. The zero-order valence-electron chi connectivity index (χ0n) is 8.55. The number of nitrogens with two attached hydrogens (primary N) is 1. The number of primary amides is 1. The first-order valence-corrected chi connectivity index (χ1v) is 4.50. The molecule has 0 saturated heterocycles. The second-order valence-corrected chi connectivity index (χ2v) is 3.20. The smallest absolute Gasteiger partial charge is 0.326 e. The van der Waals surface area contributed by atoms with E-state index in [9.17, 15) is 14.0 Å². The lowest BCUT2D eigenvalue weighted by Gasteiger charge is -2.24. The molecule has 0 unspecified atom stereocenters. The molecule has 0 aliphatic carbocycles. The number of aliphatic carboxylic acids is 1. The lowest BCUT2D eigenvalue weighted by molar-refractivity contribution is -0.138. The van der Waals surface area contributed by atoms with Crippen LogP contribution in [-0.4, -0.2) is 23.1 Å². The first kappa shape index (κ1) is 12.0. The highest BCUT2D eigenvalue weighted by molar-refractivity contribution is 5.96. The summed E-state index contributed by atoms with van der Waals surface area (Å²) in [6, 6.07) is 2.82. The fourth-order valence-electron chi connectivity index (χ4n) is 1.25. The predicted molar refractivity (Wildman–Crippen MR) is 55.6 cm³/mol. The van der Waals surface area contributed by atoms with Crippen LogP contribution in [0.3, 0.4) is 0 Å². The van der Waals surface area contributed by atoms with E-state index in [1.54, 1.807) is 0 Å². The molecule has 0 fully saturated rings. The molecule has 0 bridgehead atoms. The summed E-state index contributed by atoms with van der Waals surface area (Å²) in [5.74, 6) is -1.67. The Morgan fingerprint density at radius 2 is 1.88 bits per heavy atom. The zero-order chi connectivity index (χ0) is 12.3. The molecule has 1 aromatic carbocycles. The third kappa shape index (κ3) is 2.47. The number of carboxylic acid groups (broad SMARTS) is 1. The van der Waals surface area contributed by atoms with Crippen molar-refractivity contribution in [1.29, 1.82) is 0 Å². The molecule has 6 heteroatoms. The quantitative estimate of drug-likeness (QED) is 0.811. The molecule has 0 aromatic heterocycles. The molecule has 1 rings (SSSR count). The maximum Gasteiger partial charge on any atom is 0.326 e. The van der Waals surface area contributed by atoms with Crippen molar-refractivity contribution in [2.45, 2.75) is 13.0 Å². The number of benzene rings is 1. The number of urea groups is 1. The number of carboxylic acids is 1. The lowest BCUT2D eigenvalue weighted by atomic mass is 10.2. The second kappa shape index (κ2) is 4.61. The van der Waals surface area contributed by atoms with E-state index in [4.69, 9.17) is 10.8 Å². The summed E-state index contributed by atoms with van der Waals surface area (Å²) in [4.78, 5) is 22.8. The highest BCUT2D eigenvalue weighted by Gasteiger charge is 2.25. The Labute approximate surface area is 91.3 Å². The average Bonchev–Trinajstić information content (AvgIpc) is 2.20. The minimum absolute atomic E-state index is 0.240. The minimum atomic E-state index is -1.19. The van der Waals surface area contributed by atoms with Crippen molar-refractivity contribution in [3.63, 3.8) is 0 Å². The van der Waals surface area contributed by atoms with E-state index in [0.29, 0.717) is 0 Å². The largest absolute Gasteiger partial charge is 0.480 e. The molecule has 2 amide bonds. The molecule has 5 nitrogen and oxygen atoms in total. The number of nitrogens with zero attached hydrogens (tertiary/aromatic N) is 1. The number of hydrogen-bond acceptors (Lipinski definition) is 2. The highest BCUT2D eigenvalue weighted by Crippen LogP contribution is 2.17. The summed E-state index contributed by atoms with van der Waals surface area (Å²) in [5, 5.41) is 8.79. The van der Waals surface area contributed by atoms with Gasteiger partial charge in [-0.25, -0.2) is 14.0 Å². The van der Waals surface area contributed by atoms with Gasteiger partial charge in [-0.15, -0.1) is 0 Å². The van der Waals surface area contributed by atoms with Gasteiger partial charge in [-0.2, -0.15) is 0 Å². The van der Waals surface area contributed by atoms with Crippen LogP contribution in [0.5, 0.6) is 0 Å². The third-order valence-electron chi connectivity index (χ3n) is 2.09.